The Morgan fingerprint density at radius 1 is 1.17 bits per heavy atom. The molecule has 1 atom stereocenters. The van der Waals surface area contributed by atoms with Crippen LogP contribution in [0.2, 0.25) is 5.02 Å². The van der Waals surface area contributed by atoms with Crippen molar-refractivity contribution >= 4 is 23.2 Å². The van der Waals surface area contributed by atoms with Gasteiger partial charge in [-0.3, -0.25) is 9.48 Å². The van der Waals surface area contributed by atoms with Crippen LogP contribution in [-0.2, 0) is 11.9 Å². The third kappa shape index (κ3) is 6.79. The molecular formula is C25H27ClF2N4O3. The van der Waals surface area contributed by atoms with E-state index in [9.17, 15) is 13.6 Å². The van der Waals surface area contributed by atoms with Gasteiger partial charge < -0.3 is 14.9 Å². The van der Waals surface area contributed by atoms with Crippen molar-refractivity contribution in [2.45, 2.75) is 40.2 Å². The number of rotatable bonds is 9. The molecule has 1 unspecified atom stereocenters. The second-order valence-corrected chi connectivity index (χ2v) is 8.67. The van der Waals surface area contributed by atoms with Crippen molar-refractivity contribution in [3.8, 4) is 11.5 Å². The molecule has 1 aromatic heterocycles. The van der Waals surface area contributed by atoms with E-state index in [2.05, 4.69) is 15.6 Å². The van der Waals surface area contributed by atoms with Crippen LogP contribution >= 0.6 is 11.6 Å². The Morgan fingerprint density at radius 2 is 1.80 bits per heavy atom. The molecule has 35 heavy (non-hydrogen) atoms. The summed E-state index contributed by atoms with van der Waals surface area (Å²) in [4.78, 5) is 17.8. The molecular weight excluding hydrogens is 478 g/mol. The van der Waals surface area contributed by atoms with E-state index in [1.165, 1.54) is 17.9 Å². The summed E-state index contributed by atoms with van der Waals surface area (Å²) in [5.74, 6) is 0.723. The maximum Gasteiger partial charge on any atom is 0.282 e. The predicted octanol–water partition coefficient (Wildman–Crippen LogP) is 5.98. The van der Waals surface area contributed by atoms with E-state index in [-0.39, 0.29) is 12.2 Å². The van der Waals surface area contributed by atoms with Crippen molar-refractivity contribution < 1.29 is 23.1 Å². The maximum absolute atomic E-state index is 13.1. The largest absolute Gasteiger partial charge is 0.457 e. The van der Waals surface area contributed by atoms with Crippen molar-refractivity contribution in [2.75, 3.05) is 6.61 Å². The molecule has 1 N–H and O–H groups in total. The number of hydrogen-bond acceptors (Lipinski definition) is 5. The third-order valence-corrected chi connectivity index (χ3v) is 5.38. The fourth-order valence-corrected chi connectivity index (χ4v) is 3.79. The minimum atomic E-state index is -2.84. The number of alkyl halides is 2. The van der Waals surface area contributed by atoms with Crippen molar-refractivity contribution in [2.24, 2.45) is 12.2 Å². The van der Waals surface area contributed by atoms with Gasteiger partial charge in [0.2, 0.25) is 0 Å². The summed E-state index contributed by atoms with van der Waals surface area (Å²) in [6.07, 6.45) is -1.58. The van der Waals surface area contributed by atoms with Crippen LogP contribution in [0.4, 0.5) is 8.78 Å². The summed E-state index contributed by atoms with van der Waals surface area (Å²) in [5, 5.41) is 11.1. The average molecular weight is 505 g/mol. The number of amides is 1. The Bertz CT molecular complexity index is 1200. The van der Waals surface area contributed by atoms with Gasteiger partial charge in [-0.1, -0.05) is 16.8 Å². The summed E-state index contributed by atoms with van der Waals surface area (Å²) >= 11 is 5.92. The van der Waals surface area contributed by atoms with Crippen LogP contribution in [0.25, 0.3) is 0 Å². The number of aromatic nitrogens is 2. The van der Waals surface area contributed by atoms with E-state index in [1.807, 2.05) is 32.9 Å². The van der Waals surface area contributed by atoms with Gasteiger partial charge in [-0.05, 0) is 75.2 Å². The maximum atomic E-state index is 13.1. The topological polar surface area (TPSA) is 77.7 Å². The first kappa shape index (κ1) is 26.2. The summed E-state index contributed by atoms with van der Waals surface area (Å²) in [6, 6.07) is 10.5. The highest BCUT2D eigenvalue weighted by atomic mass is 35.5. The number of carbonyl (C=O) groups excluding carboxylic acids is 1. The molecule has 10 heteroatoms. The predicted molar refractivity (Wildman–Crippen MR) is 131 cm³/mol. The Hall–Kier alpha value is -3.46. The number of aryl methyl sites for hydroxylation is 3. The normalized spacial score (nSPS) is 12.5. The Labute approximate surface area is 207 Å². The highest BCUT2D eigenvalue weighted by Crippen LogP contribution is 2.28. The Morgan fingerprint density at radius 3 is 2.40 bits per heavy atom. The highest BCUT2D eigenvalue weighted by Gasteiger charge is 2.23. The lowest BCUT2D eigenvalue weighted by molar-refractivity contribution is 0.0855. The van der Waals surface area contributed by atoms with Gasteiger partial charge >= 0.3 is 0 Å². The molecule has 0 saturated carbocycles. The first-order chi connectivity index (χ1) is 16.5. The molecule has 3 aromatic rings. The van der Waals surface area contributed by atoms with Gasteiger partial charge in [-0.15, -0.1) is 0 Å². The number of hydrogen-bond donors (Lipinski definition) is 1. The molecule has 0 radical (unpaired) electrons. The SMILES string of the molecule is C/C(=N\OCC(C)NC(=O)c1cn(C)nc1C(F)F)c1c(C)cc(Oc2ccc(Cl)cc2)cc1C. The third-order valence-electron chi connectivity index (χ3n) is 5.13. The number of benzene rings is 2. The van der Waals surface area contributed by atoms with Crippen LogP contribution in [0, 0.1) is 13.8 Å². The number of nitrogens with one attached hydrogen (secondary N) is 1. The van der Waals surface area contributed by atoms with Crippen LogP contribution in [-0.4, -0.2) is 34.0 Å². The molecule has 0 aliphatic rings. The molecule has 186 valence electrons. The lowest BCUT2D eigenvalue weighted by atomic mass is 9.99. The zero-order valence-corrected chi connectivity index (χ0v) is 20.9. The Balaban J connectivity index is 1.61. The minimum absolute atomic E-state index is 0.0587. The molecule has 0 saturated heterocycles. The van der Waals surface area contributed by atoms with E-state index >= 15 is 0 Å². The number of halogens is 3. The summed E-state index contributed by atoms with van der Waals surface area (Å²) in [5.41, 5.74) is 2.76. The molecule has 0 fully saturated rings. The Kier molecular flexibility index (Phi) is 8.45. The molecule has 1 amide bonds. The van der Waals surface area contributed by atoms with Gasteiger partial charge in [-0.2, -0.15) is 5.10 Å². The first-order valence-corrected chi connectivity index (χ1v) is 11.3. The fraction of sp³-hybridized carbons (Fsp3) is 0.320. The average Bonchev–Trinajstić information content (AvgIpc) is 3.17. The van der Waals surface area contributed by atoms with Gasteiger partial charge in [0.25, 0.3) is 12.3 Å². The van der Waals surface area contributed by atoms with Crippen molar-refractivity contribution in [1.29, 1.82) is 0 Å². The first-order valence-electron chi connectivity index (χ1n) is 10.9. The molecule has 3 rings (SSSR count). The monoisotopic (exact) mass is 504 g/mol. The number of nitrogens with zero attached hydrogens (tertiary/aromatic N) is 3. The highest BCUT2D eigenvalue weighted by molar-refractivity contribution is 6.30. The van der Waals surface area contributed by atoms with Crippen LogP contribution in [0.3, 0.4) is 0 Å². The van der Waals surface area contributed by atoms with Gasteiger partial charge in [0, 0.05) is 23.8 Å². The van der Waals surface area contributed by atoms with E-state index in [4.69, 9.17) is 21.2 Å². The van der Waals surface area contributed by atoms with Crippen LogP contribution in [0.15, 0.2) is 47.8 Å². The van der Waals surface area contributed by atoms with Crippen LogP contribution < -0.4 is 10.1 Å². The number of ether oxygens (including phenoxy) is 1. The van der Waals surface area contributed by atoms with Crippen LogP contribution in [0.5, 0.6) is 11.5 Å². The second kappa shape index (κ2) is 11.3. The fourth-order valence-electron chi connectivity index (χ4n) is 3.67. The molecule has 2 aromatic carbocycles. The van der Waals surface area contributed by atoms with Crippen molar-refractivity contribution in [1.82, 2.24) is 15.1 Å². The lowest BCUT2D eigenvalue weighted by Gasteiger charge is -2.15. The lowest BCUT2D eigenvalue weighted by Crippen LogP contribution is -2.35. The van der Waals surface area contributed by atoms with Gasteiger partial charge in [0.1, 0.15) is 23.8 Å². The summed E-state index contributed by atoms with van der Waals surface area (Å²) in [6.45, 7) is 7.48. The molecule has 7 nitrogen and oxygen atoms in total. The van der Waals surface area contributed by atoms with Gasteiger partial charge in [0.15, 0.2) is 0 Å². The number of carbonyl (C=O) groups is 1. The minimum Gasteiger partial charge on any atom is -0.457 e. The zero-order chi connectivity index (χ0) is 25.7. The standard InChI is InChI=1S/C25H27ClF2N4O3/c1-14-10-20(35-19-8-6-18(26)7-9-19)11-15(2)22(14)17(4)31-34-13-16(3)29-25(33)21-12-32(5)30-23(21)24(27)28/h6-12,16,24H,13H2,1-5H3,(H,29,33)/b31-17+. The van der Waals surface area contributed by atoms with Gasteiger partial charge in [0.05, 0.1) is 17.3 Å². The molecule has 0 bridgehead atoms. The molecule has 0 aliphatic carbocycles. The molecule has 0 aliphatic heterocycles. The van der Waals surface area contributed by atoms with E-state index < -0.39 is 24.1 Å². The molecule has 0 spiro atoms. The second-order valence-electron chi connectivity index (χ2n) is 8.24. The van der Waals surface area contributed by atoms with Gasteiger partial charge in [-0.25, -0.2) is 8.78 Å². The zero-order valence-electron chi connectivity index (χ0n) is 20.1. The molecule has 1 heterocycles. The van der Waals surface area contributed by atoms with Crippen molar-refractivity contribution in [3.63, 3.8) is 0 Å². The quantitative estimate of drug-likeness (QED) is 0.287. The smallest absolute Gasteiger partial charge is 0.282 e. The van der Waals surface area contributed by atoms with Crippen LogP contribution in [0.1, 0.15) is 53.0 Å². The van der Waals surface area contributed by atoms with E-state index in [0.29, 0.717) is 22.2 Å². The van der Waals surface area contributed by atoms with E-state index in [0.717, 1.165) is 16.7 Å². The summed E-state index contributed by atoms with van der Waals surface area (Å²) < 4.78 is 33.3. The van der Waals surface area contributed by atoms with E-state index in [1.54, 1.807) is 31.2 Å². The number of oxime groups is 1. The van der Waals surface area contributed by atoms with Crippen molar-refractivity contribution in [3.05, 3.63) is 75.6 Å². The summed E-state index contributed by atoms with van der Waals surface area (Å²) in [7, 11) is 1.48.